The Hall–Kier alpha value is -1.72. The molecule has 0 spiro atoms. The molecular weight excluding hydrogens is 208 g/mol. The van der Waals surface area contributed by atoms with E-state index in [1.807, 2.05) is 6.92 Å². The summed E-state index contributed by atoms with van der Waals surface area (Å²) in [5.41, 5.74) is 1.48. The second-order valence-electron chi connectivity index (χ2n) is 3.94. The molecular formula is C10H16N4O2. The predicted molar refractivity (Wildman–Crippen MR) is 59.2 cm³/mol. The third kappa shape index (κ3) is 1.95. The van der Waals surface area contributed by atoms with Crippen LogP contribution in [0.5, 0.6) is 0 Å². The maximum absolute atomic E-state index is 11.7. The molecule has 0 bridgehead atoms. The fraction of sp³-hybridized carbons (Fsp3) is 0.600. The van der Waals surface area contributed by atoms with Crippen LogP contribution in [-0.2, 0) is 13.0 Å². The molecule has 1 aliphatic rings. The minimum Gasteiger partial charge on any atom is -0.338 e. The minimum absolute atomic E-state index is 0.0897. The van der Waals surface area contributed by atoms with Crippen LogP contribution in [0.3, 0.4) is 0 Å². The van der Waals surface area contributed by atoms with Gasteiger partial charge in [0.15, 0.2) is 0 Å². The van der Waals surface area contributed by atoms with E-state index >= 15 is 0 Å². The Labute approximate surface area is 93.0 Å². The van der Waals surface area contributed by atoms with Crippen molar-refractivity contribution in [2.75, 3.05) is 13.1 Å². The van der Waals surface area contributed by atoms with Crippen molar-refractivity contribution in [3.05, 3.63) is 21.6 Å². The van der Waals surface area contributed by atoms with Crippen LogP contribution in [0, 0.1) is 0 Å². The van der Waals surface area contributed by atoms with E-state index in [1.54, 1.807) is 4.90 Å². The van der Waals surface area contributed by atoms with Crippen LogP contribution in [0.15, 0.2) is 4.79 Å². The number of aromatic amines is 2. The number of fused-ring (bicyclic) bond motifs is 1. The molecule has 3 N–H and O–H groups in total. The lowest BCUT2D eigenvalue weighted by Crippen LogP contribution is -2.43. The van der Waals surface area contributed by atoms with E-state index in [1.165, 1.54) is 0 Å². The molecule has 88 valence electrons. The average molecular weight is 224 g/mol. The highest BCUT2D eigenvalue weighted by Crippen LogP contribution is 2.12. The maximum Gasteiger partial charge on any atom is 0.317 e. The van der Waals surface area contributed by atoms with Gasteiger partial charge in [-0.1, -0.05) is 6.92 Å². The summed E-state index contributed by atoms with van der Waals surface area (Å²) in [4.78, 5) is 24.8. The molecule has 2 rings (SSSR count). The largest absolute Gasteiger partial charge is 0.338 e. The lowest BCUT2D eigenvalue weighted by Gasteiger charge is -2.26. The number of nitrogens with one attached hydrogen (secondary N) is 3. The number of amides is 2. The quantitative estimate of drug-likeness (QED) is 0.670. The number of nitrogens with zero attached hydrogens (tertiary/aromatic N) is 1. The number of hydrogen-bond donors (Lipinski definition) is 3. The molecule has 2 heterocycles. The second kappa shape index (κ2) is 4.42. The van der Waals surface area contributed by atoms with E-state index in [-0.39, 0.29) is 11.6 Å². The van der Waals surface area contributed by atoms with E-state index in [9.17, 15) is 9.59 Å². The first-order valence-electron chi connectivity index (χ1n) is 5.53. The van der Waals surface area contributed by atoms with E-state index in [2.05, 4.69) is 15.5 Å². The summed E-state index contributed by atoms with van der Waals surface area (Å²) in [6, 6.07) is -0.0897. The molecule has 0 atom stereocenters. The van der Waals surface area contributed by atoms with Crippen molar-refractivity contribution in [3.63, 3.8) is 0 Å². The molecule has 1 aromatic heterocycles. The third-order valence-electron chi connectivity index (χ3n) is 2.76. The predicted octanol–water partition coefficient (Wildman–Crippen LogP) is 0.181. The van der Waals surface area contributed by atoms with Gasteiger partial charge in [0, 0.05) is 25.2 Å². The van der Waals surface area contributed by atoms with Crippen molar-refractivity contribution in [1.29, 1.82) is 0 Å². The molecule has 6 nitrogen and oxygen atoms in total. The monoisotopic (exact) mass is 224 g/mol. The van der Waals surface area contributed by atoms with Gasteiger partial charge in [0.1, 0.15) is 0 Å². The molecule has 0 radical (unpaired) electrons. The number of hydrogen-bond acceptors (Lipinski definition) is 2. The van der Waals surface area contributed by atoms with Gasteiger partial charge in [0.25, 0.3) is 5.56 Å². The highest BCUT2D eigenvalue weighted by molar-refractivity contribution is 5.74. The first-order chi connectivity index (χ1) is 7.72. The molecule has 0 aromatic carbocycles. The van der Waals surface area contributed by atoms with Crippen LogP contribution >= 0.6 is 0 Å². The molecule has 0 saturated heterocycles. The van der Waals surface area contributed by atoms with Crippen LogP contribution in [0.1, 0.15) is 24.6 Å². The van der Waals surface area contributed by atoms with Crippen LogP contribution < -0.4 is 10.9 Å². The lowest BCUT2D eigenvalue weighted by molar-refractivity contribution is 0.192. The third-order valence-corrected chi connectivity index (χ3v) is 2.76. The van der Waals surface area contributed by atoms with Gasteiger partial charge in [0.05, 0.1) is 12.1 Å². The van der Waals surface area contributed by atoms with Gasteiger partial charge in [-0.15, -0.1) is 0 Å². The molecule has 6 heteroatoms. The van der Waals surface area contributed by atoms with Gasteiger partial charge in [0.2, 0.25) is 0 Å². The number of carbonyl (C=O) groups is 1. The number of aromatic nitrogens is 2. The number of carbonyl (C=O) groups excluding carboxylic acids is 1. The maximum atomic E-state index is 11.7. The zero-order chi connectivity index (χ0) is 11.5. The van der Waals surface area contributed by atoms with E-state index in [4.69, 9.17) is 0 Å². The summed E-state index contributed by atoms with van der Waals surface area (Å²) < 4.78 is 0. The SMILES string of the molecule is CCCNC(=O)N1CCc2[nH][nH]c(=O)c2C1. The molecule has 2 amide bonds. The lowest BCUT2D eigenvalue weighted by atomic mass is 10.1. The fourth-order valence-electron chi connectivity index (χ4n) is 1.83. The Kier molecular flexibility index (Phi) is 2.98. The van der Waals surface area contributed by atoms with Crippen molar-refractivity contribution in [1.82, 2.24) is 20.4 Å². The van der Waals surface area contributed by atoms with Gasteiger partial charge >= 0.3 is 6.03 Å². The fourth-order valence-corrected chi connectivity index (χ4v) is 1.83. The first-order valence-corrected chi connectivity index (χ1v) is 5.53. The standard InChI is InChI=1S/C10H16N4O2/c1-2-4-11-10(16)14-5-3-8-7(6-14)9(15)13-12-8/h2-6H2,1H3,(H,11,16)(H2,12,13,15). The smallest absolute Gasteiger partial charge is 0.317 e. The highest BCUT2D eigenvalue weighted by Gasteiger charge is 2.23. The average Bonchev–Trinajstić information content (AvgIpc) is 2.67. The summed E-state index contributed by atoms with van der Waals surface area (Å²) >= 11 is 0. The second-order valence-corrected chi connectivity index (χ2v) is 3.94. The topological polar surface area (TPSA) is 81.0 Å². The molecule has 0 unspecified atom stereocenters. The molecule has 0 saturated carbocycles. The molecule has 0 fully saturated rings. The Bertz CT molecular complexity index is 434. The van der Waals surface area contributed by atoms with Crippen molar-refractivity contribution in [3.8, 4) is 0 Å². The Morgan fingerprint density at radius 1 is 1.50 bits per heavy atom. The van der Waals surface area contributed by atoms with Crippen molar-refractivity contribution >= 4 is 6.03 Å². The van der Waals surface area contributed by atoms with E-state index in [0.29, 0.717) is 31.6 Å². The zero-order valence-corrected chi connectivity index (χ0v) is 9.30. The molecule has 16 heavy (non-hydrogen) atoms. The van der Waals surface area contributed by atoms with Gasteiger partial charge < -0.3 is 15.3 Å². The van der Waals surface area contributed by atoms with Gasteiger partial charge in [-0.05, 0) is 6.42 Å². The summed E-state index contributed by atoms with van der Waals surface area (Å²) in [5, 5.41) is 8.18. The molecule has 0 aliphatic carbocycles. The minimum atomic E-state index is -0.122. The van der Waals surface area contributed by atoms with Crippen LogP contribution in [0.25, 0.3) is 0 Å². The number of urea groups is 1. The highest BCUT2D eigenvalue weighted by atomic mass is 16.2. The molecule has 1 aliphatic heterocycles. The summed E-state index contributed by atoms with van der Waals surface area (Å²) in [6.45, 7) is 3.72. The summed E-state index contributed by atoms with van der Waals surface area (Å²) in [7, 11) is 0. The Morgan fingerprint density at radius 2 is 2.31 bits per heavy atom. The van der Waals surface area contributed by atoms with Crippen molar-refractivity contribution in [2.24, 2.45) is 0 Å². The van der Waals surface area contributed by atoms with Gasteiger partial charge in [-0.3, -0.25) is 9.89 Å². The van der Waals surface area contributed by atoms with Crippen molar-refractivity contribution in [2.45, 2.75) is 26.3 Å². The normalized spacial score (nSPS) is 14.7. The van der Waals surface area contributed by atoms with Crippen LogP contribution in [0.2, 0.25) is 0 Å². The van der Waals surface area contributed by atoms with Crippen molar-refractivity contribution < 1.29 is 4.79 Å². The molecule has 1 aromatic rings. The van der Waals surface area contributed by atoms with Gasteiger partial charge in [-0.2, -0.15) is 0 Å². The Morgan fingerprint density at radius 3 is 3.06 bits per heavy atom. The summed E-state index contributed by atoms with van der Waals surface area (Å²) in [5.74, 6) is 0. The number of H-pyrrole nitrogens is 2. The van der Waals surface area contributed by atoms with E-state index in [0.717, 1.165) is 12.1 Å². The summed E-state index contributed by atoms with van der Waals surface area (Å²) in [6.07, 6.45) is 1.61. The zero-order valence-electron chi connectivity index (χ0n) is 9.30. The number of rotatable bonds is 2. The van der Waals surface area contributed by atoms with E-state index < -0.39 is 0 Å². The van der Waals surface area contributed by atoms with Gasteiger partial charge in [-0.25, -0.2) is 4.79 Å². The first kappa shape index (κ1) is 10.8. The Balaban J connectivity index is 2.04. The van der Waals surface area contributed by atoms with Crippen LogP contribution in [0.4, 0.5) is 4.79 Å². The van der Waals surface area contributed by atoms with Crippen LogP contribution in [-0.4, -0.2) is 34.2 Å².